The third-order valence-corrected chi connectivity index (χ3v) is 4.04. The van der Waals surface area contributed by atoms with E-state index in [1.165, 1.54) is 0 Å². The average Bonchev–Trinajstić information content (AvgIpc) is 2.62. The summed E-state index contributed by atoms with van der Waals surface area (Å²) in [6.07, 6.45) is -0.643. The van der Waals surface area contributed by atoms with Gasteiger partial charge < -0.3 is 14.8 Å². The number of rotatable bonds is 4. The molecule has 5 nitrogen and oxygen atoms in total. The minimum atomic E-state index is -0.643. The fourth-order valence-corrected chi connectivity index (χ4v) is 2.93. The van der Waals surface area contributed by atoms with Gasteiger partial charge in [0.25, 0.3) is 0 Å². The first-order valence-corrected chi connectivity index (χ1v) is 8.85. The number of alkyl carbamates (subject to hydrolysis) is 1. The molecule has 5 heteroatoms. The van der Waals surface area contributed by atoms with Crippen molar-refractivity contribution in [1.82, 2.24) is 5.32 Å². The number of fused-ring (bicyclic) bond motifs is 2. The van der Waals surface area contributed by atoms with Crippen LogP contribution in [-0.4, -0.2) is 24.2 Å². The Hall–Kier alpha value is -3.08. The van der Waals surface area contributed by atoms with Crippen LogP contribution in [0.15, 0.2) is 54.6 Å². The maximum Gasteiger partial charge on any atom is 0.408 e. The molecule has 0 spiro atoms. The van der Waals surface area contributed by atoms with Crippen LogP contribution in [0.3, 0.4) is 0 Å². The van der Waals surface area contributed by atoms with Crippen LogP contribution in [0.5, 0.6) is 0 Å². The average molecular weight is 365 g/mol. The first-order chi connectivity index (χ1) is 12.8. The number of benzene rings is 3. The van der Waals surface area contributed by atoms with Crippen molar-refractivity contribution in [3.63, 3.8) is 0 Å². The van der Waals surface area contributed by atoms with Crippen molar-refractivity contribution < 1.29 is 19.1 Å². The topological polar surface area (TPSA) is 64.6 Å². The molecule has 3 rings (SSSR count). The molecule has 0 fully saturated rings. The van der Waals surface area contributed by atoms with Crippen LogP contribution < -0.4 is 5.32 Å². The third kappa shape index (κ3) is 4.76. The Morgan fingerprint density at radius 3 is 2.04 bits per heavy atom. The van der Waals surface area contributed by atoms with Crippen molar-refractivity contribution in [1.29, 1.82) is 0 Å². The lowest BCUT2D eigenvalue weighted by atomic mass is 9.97. The van der Waals surface area contributed by atoms with E-state index in [1.54, 1.807) is 20.8 Å². The Labute approximate surface area is 158 Å². The van der Waals surface area contributed by atoms with Crippen molar-refractivity contribution in [3.05, 3.63) is 60.2 Å². The number of hydrogen-bond donors (Lipinski definition) is 1. The molecule has 0 aromatic heterocycles. The van der Waals surface area contributed by atoms with Gasteiger partial charge in [0, 0.05) is 5.56 Å². The van der Waals surface area contributed by atoms with Crippen LogP contribution in [0.4, 0.5) is 4.79 Å². The molecular weight excluding hydrogens is 342 g/mol. The monoisotopic (exact) mass is 365 g/mol. The molecule has 140 valence electrons. The van der Waals surface area contributed by atoms with Crippen molar-refractivity contribution in [2.24, 2.45) is 0 Å². The normalized spacial score (nSPS) is 11.4. The number of amides is 1. The second-order valence-electron chi connectivity index (χ2n) is 7.31. The molecule has 0 unspecified atom stereocenters. The minimum absolute atomic E-state index is 0.136. The van der Waals surface area contributed by atoms with Gasteiger partial charge in [0.1, 0.15) is 18.8 Å². The van der Waals surface area contributed by atoms with Gasteiger partial charge in [-0.2, -0.15) is 0 Å². The third-order valence-electron chi connectivity index (χ3n) is 4.04. The van der Waals surface area contributed by atoms with Gasteiger partial charge in [-0.25, -0.2) is 4.79 Å². The quantitative estimate of drug-likeness (QED) is 0.544. The Morgan fingerprint density at radius 1 is 0.926 bits per heavy atom. The van der Waals surface area contributed by atoms with Gasteiger partial charge in [0.15, 0.2) is 0 Å². The molecule has 1 N–H and O–H groups in total. The molecule has 0 bridgehead atoms. The summed E-state index contributed by atoms with van der Waals surface area (Å²) in [7, 11) is 0. The summed E-state index contributed by atoms with van der Waals surface area (Å²) in [5, 5.41) is 6.69. The van der Waals surface area contributed by atoms with E-state index in [1.807, 2.05) is 48.5 Å². The molecule has 27 heavy (non-hydrogen) atoms. The second-order valence-corrected chi connectivity index (χ2v) is 7.31. The highest BCUT2D eigenvalue weighted by molar-refractivity contribution is 6.02. The molecule has 0 saturated heterocycles. The summed E-state index contributed by atoms with van der Waals surface area (Å²) in [4.78, 5) is 23.7. The first kappa shape index (κ1) is 18.7. The number of carbonyl (C=O) groups excluding carboxylic acids is 2. The molecular formula is C22H23NO4. The SMILES string of the molecule is CC(C)(C)OC(=O)NCC(=O)OCc1c2ccccc2cc2ccccc12. The molecule has 0 heterocycles. The van der Waals surface area contributed by atoms with Crippen LogP contribution in [-0.2, 0) is 20.9 Å². The first-order valence-electron chi connectivity index (χ1n) is 8.85. The zero-order valence-electron chi connectivity index (χ0n) is 15.7. The summed E-state index contributed by atoms with van der Waals surface area (Å²) >= 11 is 0. The van der Waals surface area contributed by atoms with Gasteiger partial charge in [0.05, 0.1) is 0 Å². The van der Waals surface area contributed by atoms with E-state index in [-0.39, 0.29) is 13.2 Å². The number of hydrogen-bond acceptors (Lipinski definition) is 4. The Bertz CT molecular complexity index is 934. The highest BCUT2D eigenvalue weighted by Gasteiger charge is 2.17. The zero-order valence-corrected chi connectivity index (χ0v) is 15.7. The van der Waals surface area contributed by atoms with Crippen LogP contribution in [0.2, 0.25) is 0 Å². The molecule has 3 aromatic carbocycles. The molecule has 0 atom stereocenters. The molecule has 1 amide bonds. The predicted molar refractivity (Wildman–Crippen MR) is 105 cm³/mol. The second kappa shape index (κ2) is 7.66. The molecule has 0 aliphatic heterocycles. The van der Waals surface area contributed by atoms with E-state index in [2.05, 4.69) is 11.4 Å². The van der Waals surface area contributed by atoms with Gasteiger partial charge in [0.2, 0.25) is 0 Å². The van der Waals surface area contributed by atoms with Crippen molar-refractivity contribution in [2.45, 2.75) is 33.0 Å². The van der Waals surface area contributed by atoms with Gasteiger partial charge in [-0.15, -0.1) is 0 Å². The van der Waals surface area contributed by atoms with Crippen molar-refractivity contribution >= 4 is 33.6 Å². The lowest BCUT2D eigenvalue weighted by Crippen LogP contribution is -2.36. The number of nitrogens with one attached hydrogen (secondary N) is 1. The van der Waals surface area contributed by atoms with E-state index in [0.717, 1.165) is 27.1 Å². The number of carbonyl (C=O) groups is 2. The molecule has 3 aromatic rings. The van der Waals surface area contributed by atoms with E-state index in [4.69, 9.17) is 9.47 Å². The Morgan fingerprint density at radius 2 is 1.48 bits per heavy atom. The maximum atomic E-state index is 12.1. The minimum Gasteiger partial charge on any atom is -0.459 e. The van der Waals surface area contributed by atoms with Crippen molar-refractivity contribution in [3.8, 4) is 0 Å². The van der Waals surface area contributed by atoms with Crippen LogP contribution in [0, 0.1) is 0 Å². The lowest BCUT2D eigenvalue weighted by molar-refractivity contribution is -0.143. The molecule has 0 saturated carbocycles. The van der Waals surface area contributed by atoms with Gasteiger partial charge >= 0.3 is 12.1 Å². The molecule has 0 aliphatic rings. The summed E-state index contributed by atoms with van der Waals surface area (Å²) in [5.41, 5.74) is 0.338. The van der Waals surface area contributed by atoms with E-state index in [0.29, 0.717) is 0 Å². The highest BCUT2D eigenvalue weighted by Crippen LogP contribution is 2.29. The summed E-state index contributed by atoms with van der Waals surface area (Å²) in [6, 6.07) is 18.1. The number of esters is 1. The predicted octanol–water partition coefficient (Wildman–Crippen LogP) is 4.56. The van der Waals surface area contributed by atoms with E-state index >= 15 is 0 Å². The van der Waals surface area contributed by atoms with Crippen LogP contribution in [0.1, 0.15) is 26.3 Å². The standard InChI is InChI=1S/C22H23NO4/c1-22(2,3)27-21(25)23-13-20(24)26-14-19-17-10-6-4-8-15(17)12-16-9-5-7-11-18(16)19/h4-12H,13-14H2,1-3H3,(H,23,25). The molecule has 0 aliphatic carbocycles. The van der Waals surface area contributed by atoms with Crippen LogP contribution in [0.25, 0.3) is 21.5 Å². The van der Waals surface area contributed by atoms with Crippen molar-refractivity contribution in [2.75, 3.05) is 6.54 Å². The lowest BCUT2D eigenvalue weighted by Gasteiger charge is -2.19. The fraction of sp³-hybridized carbons (Fsp3) is 0.273. The number of ether oxygens (including phenoxy) is 2. The largest absolute Gasteiger partial charge is 0.459 e. The summed E-state index contributed by atoms with van der Waals surface area (Å²) < 4.78 is 10.5. The fourth-order valence-electron chi connectivity index (χ4n) is 2.93. The van der Waals surface area contributed by atoms with Gasteiger partial charge in [-0.1, -0.05) is 48.5 Å². The van der Waals surface area contributed by atoms with Crippen LogP contribution >= 0.6 is 0 Å². The maximum absolute atomic E-state index is 12.1. The summed E-state index contributed by atoms with van der Waals surface area (Å²) in [5.74, 6) is -0.516. The summed E-state index contributed by atoms with van der Waals surface area (Å²) in [6.45, 7) is 5.18. The van der Waals surface area contributed by atoms with Gasteiger partial charge in [-0.05, 0) is 48.4 Å². The smallest absolute Gasteiger partial charge is 0.408 e. The Kier molecular flexibility index (Phi) is 5.31. The van der Waals surface area contributed by atoms with Gasteiger partial charge in [-0.3, -0.25) is 4.79 Å². The zero-order chi connectivity index (χ0) is 19.4. The van der Waals surface area contributed by atoms with E-state index in [9.17, 15) is 9.59 Å². The highest BCUT2D eigenvalue weighted by atomic mass is 16.6. The molecule has 0 radical (unpaired) electrons. The Balaban J connectivity index is 1.72. The van der Waals surface area contributed by atoms with E-state index < -0.39 is 17.7 Å².